The van der Waals surface area contributed by atoms with Crippen molar-refractivity contribution in [1.82, 2.24) is 0 Å². The van der Waals surface area contributed by atoms with Gasteiger partial charge in [0.25, 0.3) is 0 Å². The normalized spacial score (nSPS) is 10.9. The van der Waals surface area contributed by atoms with Crippen LogP contribution >= 0.6 is 22.6 Å². The van der Waals surface area contributed by atoms with Gasteiger partial charge in [-0.05, 0) is 61.1 Å². The largest absolute Gasteiger partial charge is 0.481 e. The molecule has 3 nitrogen and oxygen atoms in total. The summed E-state index contributed by atoms with van der Waals surface area (Å²) in [5.74, 6) is 0.304. The SMILES string of the molecule is C=Cc1ccc(OCC(=O)OC(C)(C)C)c(I)c1. The molecule has 0 unspecified atom stereocenters. The molecular formula is C14H17IO3. The van der Waals surface area contributed by atoms with Crippen LogP contribution in [0.5, 0.6) is 5.75 Å². The van der Waals surface area contributed by atoms with Crippen LogP contribution in [0.2, 0.25) is 0 Å². The number of ether oxygens (including phenoxy) is 2. The molecule has 1 rings (SSSR count). The first kappa shape index (κ1) is 15.0. The van der Waals surface area contributed by atoms with Crippen LogP contribution in [-0.2, 0) is 9.53 Å². The van der Waals surface area contributed by atoms with Crippen LogP contribution in [0.25, 0.3) is 6.08 Å². The zero-order chi connectivity index (χ0) is 13.8. The van der Waals surface area contributed by atoms with Gasteiger partial charge in [-0.15, -0.1) is 0 Å². The lowest BCUT2D eigenvalue weighted by atomic mass is 10.2. The predicted octanol–water partition coefficient (Wildman–Crippen LogP) is 3.65. The lowest BCUT2D eigenvalue weighted by Crippen LogP contribution is -2.27. The van der Waals surface area contributed by atoms with Gasteiger partial charge in [0.2, 0.25) is 0 Å². The predicted molar refractivity (Wildman–Crippen MR) is 80.6 cm³/mol. The highest BCUT2D eigenvalue weighted by atomic mass is 127. The summed E-state index contributed by atoms with van der Waals surface area (Å²) < 4.78 is 11.5. The summed E-state index contributed by atoms with van der Waals surface area (Å²) in [6, 6.07) is 5.65. The molecule has 0 aromatic heterocycles. The Balaban J connectivity index is 2.59. The molecule has 0 aliphatic carbocycles. The molecule has 0 atom stereocenters. The third kappa shape index (κ3) is 5.08. The average molecular weight is 360 g/mol. The summed E-state index contributed by atoms with van der Waals surface area (Å²) in [4.78, 5) is 11.5. The Bertz CT molecular complexity index is 447. The van der Waals surface area contributed by atoms with E-state index in [2.05, 4.69) is 29.2 Å². The van der Waals surface area contributed by atoms with Crippen LogP contribution in [-0.4, -0.2) is 18.2 Å². The molecule has 0 bridgehead atoms. The van der Waals surface area contributed by atoms with E-state index in [1.165, 1.54) is 0 Å². The zero-order valence-electron chi connectivity index (χ0n) is 10.8. The van der Waals surface area contributed by atoms with Crippen molar-refractivity contribution in [2.75, 3.05) is 6.61 Å². The smallest absolute Gasteiger partial charge is 0.344 e. The van der Waals surface area contributed by atoms with Gasteiger partial charge in [-0.3, -0.25) is 0 Å². The van der Waals surface area contributed by atoms with E-state index in [1.54, 1.807) is 6.08 Å². The van der Waals surface area contributed by atoms with Crippen molar-refractivity contribution in [3.8, 4) is 5.75 Å². The zero-order valence-corrected chi connectivity index (χ0v) is 13.0. The van der Waals surface area contributed by atoms with Crippen LogP contribution in [0, 0.1) is 3.57 Å². The minimum Gasteiger partial charge on any atom is -0.481 e. The Hall–Kier alpha value is -1.04. The van der Waals surface area contributed by atoms with Crippen molar-refractivity contribution in [3.05, 3.63) is 33.9 Å². The number of benzene rings is 1. The van der Waals surface area contributed by atoms with Gasteiger partial charge in [0.1, 0.15) is 11.4 Å². The maximum Gasteiger partial charge on any atom is 0.344 e. The number of carbonyl (C=O) groups is 1. The third-order valence-corrected chi connectivity index (χ3v) is 2.80. The molecule has 0 radical (unpaired) electrons. The first-order valence-corrected chi connectivity index (χ1v) is 6.66. The number of hydrogen-bond donors (Lipinski definition) is 0. The first-order valence-electron chi connectivity index (χ1n) is 5.58. The van der Waals surface area contributed by atoms with Crippen LogP contribution < -0.4 is 4.74 Å². The molecule has 0 fully saturated rings. The molecule has 0 saturated heterocycles. The minimum atomic E-state index is -0.486. The number of halogens is 1. The Morgan fingerprint density at radius 1 is 1.44 bits per heavy atom. The topological polar surface area (TPSA) is 35.5 Å². The van der Waals surface area contributed by atoms with Crippen LogP contribution in [0.4, 0.5) is 0 Å². The standard InChI is InChI=1S/C14H17IO3/c1-5-10-6-7-12(11(15)8-10)17-9-13(16)18-14(2,3)4/h5-8H,1,9H2,2-4H3. The second kappa shape index (κ2) is 6.22. The van der Waals surface area contributed by atoms with Gasteiger partial charge < -0.3 is 9.47 Å². The van der Waals surface area contributed by atoms with Crippen molar-refractivity contribution in [3.63, 3.8) is 0 Å². The number of esters is 1. The van der Waals surface area contributed by atoms with E-state index in [4.69, 9.17) is 9.47 Å². The summed E-state index contributed by atoms with van der Waals surface area (Å²) in [6.07, 6.45) is 1.76. The number of carbonyl (C=O) groups excluding carboxylic acids is 1. The van der Waals surface area contributed by atoms with Crippen LogP contribution in [0.3, 0.4) is 0 Å². The second-order valence-electron chi connectivity index (χ2n) is 4.77. The highest BCUT2D eigenvalue weighted by molar-refractivity contribution is 14.1. The Kier molecular flexibility index (Phi) is 5.19. The number of rotatable bonds is 4. The molecule has 0 saturated carbocycles. The lowest BCUT2D eigenvalue weighted by Gasteiger charge is -2.19. The van der Waals surface area contributed by atoms with E-state index in [-0.39, 0.29) is 12.6 Å². The molecule has 0 amide bonds. The summed E-state index contributed by atoms with van der Waals surface area (Å²) in [6.45, 7) is 9.10. The fourth-order valence-electron chi connectivity index (χ4n) is 1.27. The van der Waals surface area contributed by atoms with Crippen molar-refractivity contribution in [2.24, 2.45) is 0 Å². The van der Waals surface area contributed by atoms with E-state index in [9.17, 15) is 4.79 Å². The summed E-state index contributed by atoms with van der Waals surface area (Å²) in [7, 11) is 0. The van der Waals surface area contributed by atoms with Gasteiger partial charge >= 0.3 is 5.97 Å². The molecule has 0 aliphatic heterocycles. The van der Waals surface area contributed by atoms with E-state index in [0.29, 0.717) is 5.75 Å². The second-order valence-corrected chi connectivity index (χ2v) is 5.93. The average Bonchev–Trinajstić information content (AvgIpc) is 2.25. The Morgan fingerprint density at radius 3 is 2.61 bits per heavy atom. The lowest BCUT2D eigenvalue weighted by molar-refractivity contribution is -0.157. The van der Waals surface area contributed by atoms with E-state index in [1.807, 2.05) is 39.0 Å². The van der Waals surface area contributed by atoms with E-state index >= 15 is 0 Å². The van der Waals surface area contributed by atoms with Crippen molar-refractivity contribution >= 4 is 34.6 Å². The molecule has 98 valence electrons. The first-order chi connectivity index (χ1) is 8.31. The quantitative estimate of drug-likeness (QED) is 0.607. The van der Waals surface area contributed by atoms with Crippen molar-refractivity contribution < 1.29 is 14.3 Å². The van der Waals surface area contributed by atoms with E-state index in [0.717, 1.165) is 9.13 Å². The Morgan fingerprint density at radius 2 is 2.11 bits per heavy atom. The van der Waals surface area contributed by atoms with Gasteiger partial charge in [0.05, 0.1) is 3.57 Å². The van der Waals surface area contributed by atoms with Crippen molar-refractivity contribution in [2.45, 2.75) is 26.4 Å². The third-order valence-electron chi connectivity index (χ3n) is 1.96. The molecule has 1 aromatic carbocycles. The fourth-order valence-corrected chi connectivity index (χ4v) is 1.96. The molecule has 0 heterocycles. The van der Waals surface area contributed by atoms with Crippen LogP contribution in [0.15, 0.2) is 24.8 Å². The molecule has 0 spiro atoms. The van der Waals surface area contributed by atoms with Crippen molar-refractivity contribution in [1.29, 1.82) is 0 Å². The maximum absolute atomic E-state index is 11.5. The Labute approximate surface area is 121 Å². The minimum absolute atomic E-state index is 0.0826. The molecule has 0 N–H and O–H groups in total. The summed E-state index contributed by atoms with van der Waals surface area (Å²) in [5.41, 5.74) is 0.532. The molecule has 4 heteroatoms. The van der Waals surface area contributed by atoms with Gasteiger partial charge in [-0.1, -0.05) is 18.7 Å². The summed E-state index contributed by atoms with van der Waals surface area (Å²) >= 11 is 2.16. The number of hydrogen-bond acceptors (Lipinski definition) is 3. The van der Waals surface area contributed by atoms with Crippen LogP contribution in [0.1, 0.15) is 26.3 Å². The molecular weight excluding hydrogens is 343 g/mol. The molecule has 0 aliphatic rings. The monoisotopic (exact) mass is 360 g/mol. The highest BCUT2D eigenvalue weighted by Crippen LogP contribution is 2.22. The maximum atomic E-state index is 11.5. The molecule has 18 heavy (non-hydrogen) atoms. The summed E-state index contributed by atoms with van der Waals surface area (Å²) in [5, 5.41) is 0. The van der Waals surface area contributed by atoms with Gasteiger partial charge in [-0.2, -0.15) is 0 Å². The van der Waals surface area contributed by atoms with Gasteiger partial charge in [-0.25, -0.2) is 4.79 Å². The van der Waals surface area contributed by atoms with Gasteiger partial charge in [0, 0.05) is 0 Å². The highest BCUT2D eigenvalue weighted by Gasteiger charge is 2.16. The van der Waals surface area contributed by atoms with E-state index < -0.39 is 5.60 Å². The molecule has 1 aromatic rings. The fraction of sp³-hybridized carbons (Fsp3) is 0.357. The van der Waals surface area contributed by atoms with Gasteiger partial charge in [0.15, 0.2) is 6.61 Å².